The van der Waals surface area contributed by atoms with Crippen LogP contribution in [0.3, 0.4) is 0 Å². The third-order valence-electron chi connectivity index (χ3n) is 6.46. The first-order valence-corrected chi connectivity index (χ1v) is 14.0. The molecule has 0 spiro atoms. The number of rotatable bonds is 15. The second-order valence-corrected chi connectivity index (χ2v) is 10.1. The highest BCUT2D eigenvalue weighted by atomic mass is 19.1. The first kappa shape index (κ1) is 30.7. The van der Waals surface area contributed by atoms with E-state index in [4.69, 9.17) is 9.47 Å². The molecule has 6 nitrogen and oxygen atoms in total. The van der Waals surface area contributed by atoms with Crippen LogP contribution in [0.15, 0.2) is 72.8 Å². The van der Waals surface area contributed by atoms with E-state index in [-0.39, 0.29) is 36.5 Å². The molecule has 1 atom stereocenters. The summed E-state index contributed by atoms with van der Waals surface area (Å²) in [6.45, 7) is 9.62. The maximum absolute atomic E-state index is 13.9. The Morgan fingerprint density at radius 2 is 1.50 bits per heavy atom. The summed E-state index contributed by atoms with van der Waals surface area (Å²) in [6, 6.07) is 20.7. The smallest absolute Gasteiger partial charge is 0.243 e. The molecule has 1 N–H and O–H groups in total. The first-order valence-electron chi connectivity index (χ1n) is 14.0. The number of hydrogen-bond donors (Lipinski definition) is 1. The van der Waals surface area contributed by atoms with Crippen LogP contribution >= 0.6 is 0 Å². The minimum atomic E-state index is -0.724. The highest BCUT2D eigenvalue weighted by Crippen LogP contribution is 2.29. The van der Waals surface area contributed by atoms with Crippen LogP contribution in [0.2, 0.25) is 0 Å². The molecule has 0 bridgehead atoms. The molecule has 40 heavy (non-hydrogen) atoms. The van der Waals surface area contributed by atoms with Crippen LogP contribution in [0.25, 0.3) is 0 Å². The Bertz CT molecular complexity index is 1210. The number of ether oxygens (including phenoxy) is 2. The SMILES string of the molecule is CCOc1ccc(CCC(=O)N(Cc2ccc(F)cc2)C(Cc2ccccc2)C(=O)NCC(C)C)cc1OCC. The van der Waals surface area contributed by atoms with Gasteiger partial charge in [0.1, 0.15) is 11.9 Å². The molecular weight excluding hydrogens is 507 g/mol. The van der Waals surface area contributed by atoms with Gasteiger partial charge in [-0.1, -0.05) is 62.4 Å². The third kappa shape index (κ3) is 9.40. The number of benzene rings is 3. The van der Waals surface area contributed by atoms with E-state index in [1.54, 1.807) is 17.0 Å². The number of carbonyl (C=O) groups is 2. The summed E-state index contributed by atoms with van der Waals surface area (Å²) in [4.78, 5) is 29.0. The Morgan fingerprint density at radius 1 is 0.850 bits per heavy atom. The zero-order chi connectivity index (χ0) is 28.9. The minimum absolute atomic E-state index is 0.156. The summed E-state index contributed by atoms with van der Waals surface area (Å²) in [6.07, 6.45) is 1.04. The Balaban J connectivity index is 1.89. The number of aryl methyl sites for hydroxylation is 1. The highest BCUT2D eigenvalue weighted by molar-refractivity contribution is 5.88. The minimum Gasteiger partial charge on any atom is -0.490 e. The van der Waals surface area contributed by atoms with E-state index in [0.717, 1.165) is 16.7 Å². The van der Waals surface area contributed by atoms with E-state index in [0.29, 0.717) is 44.1 Å². The lowest BCUT2D eigenvalue weighted by Crippen LogP contribution is -2.51. The van der Waals surface area contributed by atoms with E-state index >= 15 is 0 Å². The molecular formula is C33H41FN2O4. The van der Waals surface area contributed by atoms with Gasteiger partial charge in [-0.2, -0.15) is 0 Å². The lowest BCUT2D eigenvalue weighted by Gasteiger charge is -2.32. The van der Waals surface area contributed by atoms with Crippen molar-refractivity contribution in [3.63, 3.8) is 0 Å². The predicted molar refractivity (Wildman–Crippen MR) is 156 cm³/mol. The van der Waals surface area contributed by atoms with Gasteiger partial charge >= 0.3 is 0 Å². The molecule has 3 aromatic rings. The summed E-state index contributed by atoms with van der Waals surface area (Å²) >= 11 is 0. The molecule has 0 radical (unpaired) electrons. The number of hydrogen-bond acceptors (Lipinski definition) is 4. The molecule has 0 saturated heterocycles. The lowest BCUT2D eigenvalue weighted by atomic mass is 10.0. The molecule has 3 aromatic carbocycles. The van der Waals surface area contributed by atoms with Crippen LogP contribution in [0.4, 0.5) is 4.39 Å². The molecule has 7 heteroatoms. The molecule has 0 heterocycles. The van der Waals surface area contributed by atoms with Crippen molar-refractivity contribution in [1.29, 1.82) is 0 Å². The molecule has 0 aliphatic carbocycles. The fraction of sp³-hybridized carbons (Fsp3) is 0.394. The summed E-state index contributed by atoms with van der Waals surface area (Å²) in [7, 11) is 0. The van der Waals surface area contributed by atoms with Gasteiger partial charge in [-0.25, -0.2) is 4.39 Å². The summed E-state index contributed by atoms with van der Waals surface area (Å²) in [5.74, 6) is 0.874. The molecule has 214 valence electrons. The van der Waals surface area contributed by atoms with Gasteiger partial charge in [0, 0.05) is 25.9 Å². The second kappa shape index (κ2) is 15.7. The van der Waals surface area contributed by atoms with Crippen molar-refractivity contribution in [2.45, 2.75) is 59.5 Å². The molecule has 0 saturated carbocycles. The predicted octanol–water partition coefficient (Wildman–Crippen LogP) is 5.97. The van der Waals surface area contributed by atoms with Crippen LogP contribution in [0.1, 0.15) is 50.8 Å². The quantitative estimate of drug-likeness (QED) is 0.254. The maximum atomic E-state index is 13.9. The normalized spacial score (nSPS) is 11.7. The third-order valence-corrected chi connectivity index (χ3v) is 6.46. The molecule has 2 amide bonds. The number of carbonyl (C=O) groups excluding carboxylic acids is 2. The number of halogens is 1. The Labute approximate surface area is 237 Å². The van der Waals surface area contributed by atoms with Crippen LogP contribution in [0, 0.1) is 11.7 Å². The first-order chi connectivity index (χ1) is 19.3. The lowest BCUT2D eigenvalue weighted by molar-refractivity contribution is -0.141. The standard InChI is InChI=1S/C33H41FN2O4/c1-5-39-30-18-14-26(21-31(30)40-6-2)15-19-32(37)36(23-27-12-16-28(34)17-13-27)29(33(38)35-22-24(3)4)20-25-10-8-7-9-11-25/h7-14,16-18,21,24,29H,5-6,15,19-20,22-23H2,1-4H3,(H,35,38). The molecule has 0 aliphatic heterocycles. The summed E-state index contributed by atoms with van der Waals surface area (Å²) in [5.41, 5.74) is 2.65. The van der Waals surface area contributed by atoms with Crippen molar-refractivity contribution in [3.05, 3.63) is 95.3 Å². The van der Waals surface area contributed by atoms with E-state index in [2.05, 4.69) is 5.32 Å². The van der Waals surface area contributed by atoms with Gasteiger partial charge < -0.3 is 19.7 Å². The van der Waals surface area contributed by atoms with Crippen molar-refractivity contribution >= 4 is 11.8 Å². The molecule has 1 unspecified atom stereocenters. The molecule has 0 aliphatic rings. The highest BCUT2D eigenvalue weighted by Gasteiger charge is 2.30. The van der Waals surface area contributed by atoms with E-state index in [9.17, 15) is 14.0 Å². The Hall–Kier alpha value is -3.87. The van der Waals surface area contributed by atoms with Crippen molar-refractivity contribution in [2.75, 3.05) is 19.8 Å². The van der Waals surface area contributed by atoms with Crippen LogP contribution in [-0.2, 0) is 29.0 Å². The monoisotopic (exact) mass is 548 g/mol. The zero-order valence-corrected chi connectivity index (χ0v) is 24.0. The second-order valence-electron chi connectivity index (χ2n) is 10.1. The van der Waals surface area contributed by atoms with Gasteiger partial charge in [-0.3, -0.25) is 9.59 Å². The Kier molecular flexibility index (Phi) is 12.0. The van der Waals surface area contributed by atoms with Crippen molar-refractivity contribution in [2.24, 2.45) is 5.92 Å². The average Bonchev–Trinajstić information content (AvgIpc) is 2.95. The van der Waals surface area contributed by atoms with Crippen LogP contribution in [0.5, 0.6) is 11.5 Å². The number of nitrogens with zero attached hydrogens (tertiary/aromatic N) is 1. The van der Waals surface area contributed by atoms with Crippen LogP contribution in [-0.4, -0.2) is 42.5 Å². The molecule has 3 rings (SSSR count). The van der Waals surface area contributed by atoms with Gasteiger partial charge in [-0.05, 0) is 67.1 Å². The largest absolute Gasteiger partial charge is 0.490 e. The van der Waals surface area contributed by atoms with Gasteiger partial charge in [0.25, 0.3) is 0 Å². The maximum Gasteiger partial charge on any atom is 0.243 e. The zero-order valence-electron chi connectivity index (χ0n) is 24.0. The summed E-state index contributed by atoms with van der Waals surface area (Å²) in [5, 5.41) is 3.02. The van der Waals surface area contributed by atoms with Crippen molar-refractivity contribution in [1.82, 2.24) is 10.2 Å². The van der Waals surface area contributed by atoms with Gasteiger partial charge in [0.15, 0.2) is 11.5 Å². The van der Waals surface area contributed by atoms with Gasteiger partial charge in [0.05, 0.1) is 13.2 Å². The van der Waals surface area contributed by atoms with Crippen molar-refractivity contribution < 1.29 is 23.5 Å². The van der Waals surface area contributed by atoms with Gasteiger partial charge in [0.2, 0.25) is 11.8 Å². The van der Waals surface area contributed by atoms with Crippen LogP contribution < -0.4 is 14.8 Å². The van der Waals surface area contributed by atoms with E-state index in [1.165, 1.54) is 12.1 Å². The van der Waals surface area contributed by atoms with Gasteiger partial charge in [-0.15, -0.1) is 0 Å². The van der Waals surface area contributed by atoms with E-state index in [1.807, 2.05) is 76.2 Å². The fourth-order valence-electron chi connectivity index (χ4n) is 4.41. The van der Waals surface area contributed by atoms with E-state index < -0.39 is 6.04 Å². The van der Waals surface area contributed by atoms with Crippen molar-refractivity contribution in [3.8, 4) is 11.5 Å². The average molecular weight is 549 g/mol. The topological polar surface area (TPSA) is 67.9 Å². The molecule has 0 aromatic heterocycles. The fourth-order valence-corrected chi connectivity index (χ4v) is 4.41. The molecule has 0 fully saturated rings. The summed E-state index contributed by atoms with van der Waals surface area (Å²) < 4.78 is 25.1. The Morgan fingerprint density at radius 3 is 2.15 bits per heavy atom. The number of amides is 2. The number of nitrogens with one attached hydrogen (secondary N) is 1.